The Kier molecular flexibility index (Phi) is 12.7. The van der Waals surface area contributed by atoms with Crippen molar-refractivity contribution in [3.8, 4) is 0 Å². The van der Waals surface area contributed by atoms with Gasteiger partial charge in [0, 0.05) is 6.42 Å². The SMILES string of the molecule is C=C/C(=C\C=C1/CCCC2(C)C(C(=C)COCC(O)(CCC)CCC)CCC12)CC(O)C[C@H](O)I. The number of aliphatic hydroxyl groups is 3. The number of hydrogen-bond donors (Lipinski definition) is 3. The first-order valence-electron chi connectivity index (χ1n) is 13.6. The lowest BCUT2D eigenvalue weighted by atomic mass is 9.62. The van der Waals surface area contributed by atoms with Crippen LogP contribution < -0.4 is 0 Å². The van der Waals surface area contributed by atoms with Crippen molar-refractivity contribution in [1.82, 2.24) is 0 Å². The molecule has 5 heteroatoms. The summed E-state index contributed by atoms with van der Waals surface area (Å²) in [5, 5.41) is 30.6. The predicted molar refractivity (Wildman–Crippen MR) is 155 cm³/mol. The maximum Gasteiger partial charge on any atom is 0.107 e. The van der Waals surface area contributed by atoms with Gasteiger partial charge in [0.25, 0.3) is 0 Å². The van der Waals surface area contributed by atoms with E-state index in [9.17, 15) is 15.3 Å². The summed E-state index contributed by atoms with van der Waals surface area (Å²) in [6.45, 7) is 15.9. The summed E-state index contributed by atoms with van der Waals surface area (Å²) >= 11 is 1.93. The molecule has 2 rings (SSSR count). The minimum atomic E-state index is -0.718. The van der Waals surface area contributed by atoms with Gasteiger partial charge in [-0.2, -0.15) is 0 Å². The molecule has 2 aliphatic carbocycles. The molecule has 2 aliphatic rings. The van der Waals surface area contributed by atoms with Gasteiger partial charge in [-0.05, 0) is 79.8 Å². The summed E-state index contributed by atoms with van der Waals surface area (Å²) in [4.78, 5) is 0. The standard InChI is InChI=1S/C30H49IO4/c1-6-15-30(34,16-7-2)21-35-20-22(4)26-13-14-27-24(10-9-17-29(26,27)5)12-11-23(8-3)18-25(32)19-28(31)33/h8,11-12,25-28,32-34H,3-4,6-7,9-10,13-21H2,1-2,5H3/b23-11+,24-12+/t25?,26?,27?,28-,29?/m0/s1. The number of hydrogen-bond acceptors (Lipinski definition) is 4. The number of alkyl halides is 1. The maximum absolute atomic E-state index is 10.9. The van der Waals surface area contributed by atoms with Crippen molar-refractivity contribution < 1.29 is 20.1 Å². The molecule has 35 heavy (non-hydrogen) atoms. The lowest BCUT2D eigenvalue weighted by Crippen LogP contribution is -2.36. The number of fused-ring (bicyclic) bond motifs is 1. The van der Waals surface area contributed by atoms with Crippen LogP contribution in [-0.2, 0) is 4.74 Å². The monoisotopic (exact) mass is 600 g/mol. The molecule has 2 saturated carbocycles. The molecule has 0 radical (unpaired) electrons. The van der Waals surface area contributed by atoms with Crippen LogP contribution in [0.4, 0.5) is 0 Å². The van der Waals surface area contributed by atoms with Crippen molar-refractivity contribution in [2.75, 3.05) is 13.2 Å². The molecule has 0 heterocycles. The van der Waals surface area contributed by atoms with E-state index in [0.717, 1.165) is 44.1 Å². The summed E-state index contributed by atoms with van der Waals surface area (Å²) in [5.74, 6) is 0.981. The fourth-order valence-electron chi connectivity index (χ4n) is 6.60. The Morgan fingerprint density at radius 1 is 1.26 bits per heavy atom. The Morgan fingerprint density at radius 3 is 2.54 bits per heavy atom. The molecule has 0 spiro atoms. The quantitative estimate of drug-likeness (QED) is 0.0817. The van der Waals surface area contributed by atoms with E-state index in [4.69, 9.17) is 4.74 Å². The van der Waals surface area contributed by atoms with Crippen molar-refractivity contribution >= 4 is 22.6 Å². The number of ether oxygens (including phenoxy) is 1. The molecular weight excluding hydrogens is 551 g/mol. The second-order valence-corrected chi connectivity index (χ2v) is 12.6. The smallest absolute Gasteiger partial charge is 0.107 e. The Labute approximate surface area is 227 Å². The third-order valence-electron chi connectivity index (χ3n) is 8.26. The Morgan fingerprint density at radius 2 is 1.94 bits per heavy atom. The van der Waals surface area contributed by atoms with Crippen molar-refractivity contribution in [2.24, 2.45) is 17.3 Å². The van der Waals surface area contributed by atoms with Gasteiger partial charge >= 0.3 is 0 Å². The van der Waals surface area contributed by atoms with Crippen LogP contribution in [0.15, 0.2) is 48.1 Å². The highest BCUT2D eigenvalue weighted by molar-refractivity contribution is 14.1. The first kappa shape index (κ1) is 30.8. The lowest BCUT2D eigenvalue weighted by molar-refractivity contribution is -0.0547. The fourth-order valence-corrected chi connectivity index (χ4v) is 7.18. The Bertz CT molecular complexity index is 749. The summed E-state index contributed by atoms with van der Waals surface area (Å²) < 4.78 is 5.52. The average molecular weight is 601 g/mol. The average Bonchev–Trinajstić information content (AvgIpc) is 3.13. The Balaban J connectivity index is 2.04. The second-order valence-electron chi connectivity index (χ2n) is 11.1. The first-order chi connectivity index (χ1) is 16.6. The zero-order chi connectivity index (χ0) is 26.1. The molecule has 5 atom stereocenters. The minimum Gasteiger partial charge on any atom is -0.393 e. The number of allylic oxidation sites excluding steroid dienone is 4. The van der Waals surface area contributed by atoms with Crippen LogP contribution in [0.2, 0.25) is 0 Å². The van der Waals surface area contributed by atoms with Crippen LogP contribution in [0.5, 0.6) is 0 Å². The van der Waals surface area contributed by atoms with E-state index >= 15 is 0 Å². The molecule has 0 amide bonds. The molecule has 0 aromatic heterocycles. The third-order valence-corrected chi connectivity index (χ3v) is 8.77. The van der Waals surface area contributed by atoms with E-state index in [2.05, 4.69) is 46.1 Å². The normalized spacial score (nSPS) is 28.1. The van der Waals surface area contributed by atoms with Gasteiger partial charge in [0.2, 0.25) is 0 Å². The number of halogens is 1. The van der Waals surface area contributed by atoms with Gasteiger partial charge in [-0.15, -0.1) is 0 Å². The van der Waals surface area contributed by atoms with Crippen LogP contribution >= 0.6 is 22.6 Å². The van der Waals surface area contributed by atoms with Crippen LogP contribution in [0.3, 0.4) is 0 Å². The van der Waals surface area contributed by atoms with E-state index in [1.165, 1.54) is 30.4 Å². The summed E-state index contributed by atoms with van der Waals surface area (Å²) in [6, 6.07) is 0. The van der Waals surface area contributed by atoms with Crippen LogP contribution in [-0.4, -0.2) is 44.3 Å². The largest absolute Gasteiger partial charge is 0.393 e. The highest BCUT2D eigenvalue weighted by Crippen LogP contribution is 2.59. The van der Waals surface area contributed by atoms with Gasteiger partial charge < -0.3 is 20.1 Å². The number of aliphatic hydroxyl groups excluding tert-OH is 2. The van der Waals surface area contributed by atoms with E-state index in [1.807, 2.05) is 28.7 Å². The van der Waals surface area contributed by atoms with E-state index in [-0.39, 0.29) is 5.41 Å². The summed E-state index contributed by atoms with van der Waals surface area (Å²) in [6.07, 6.45) is 15.8. The molecule has 0 aromatic carbocycles. The minimum absolute atomic E-state index is 0.195. The molecule has 0 aliphatic heterocycles. The number of rotatable bonds is 15. The van der Waals surface area contributed by atoms with Crippen LogP contribution in [0.1, 0.15) is 91.4 Å². The van der Waals surface area contributed by atoms with Gasteiger partial charge in [0.05, 0.1) is 24.9 Å². The Hall–Kier alpha value is -0.470. The van der Waals surface area contributed by atoms with Crippen molar-refractivity contribution in [3.63, 3.8) is 0 Å². The molecule has 3 N–H and O–H groups in total. The predicted octanol–water partition coefficient (Wildman–Crippen LogP) is 7.04. The van der Waals surface area contributed by atoms with Crippen molar-refractivity contribution in [1.29, 1.82) is 0 Å². The molecule has 200 valence electrons. The highest BCUT2D eigenvalue weighted by atomic mass is 127. The fraction of sp³-hybridized carbons (Fsp3) is 0.733. The lowest BCUT2D eigenvalue weighted by Gasteiger charge is -2.43. The molecule has 0 aromatic rings. The van der Waals surface area contributed by atoms with Gasteiger partial charge in [0.1, 0.15) is 4.11 Å². The van der Waals surface area contributed by atoms with Gasteiger partial charge in [-0.3, -0.25) is 0 Å². The maximum atomic E-state index is 10.9. The highest BCUT2D eigenvalue weighted by Gasteiger charge is 2.49. The van der Waals surface area contributed by atoms with E-state index in [0.29, 0.717) is 37.9 Å². The third kappa shape index (κ3) is 8.80. The summed E-state index contributed by atoms with van der Waals surface area (Å²) in [7, 11) is 0. The van der Waals surface area contributed by atoms with Crippen molar-refractivity contribution in [3.05, 3.63) is 48.1 Å². The zero-order valence-corrected chi connectivity index (χ0v) is 24.4. The van der Waals surface area contributed by atoms with Crippen molar-refractivity contribution in [2.45, 2.75) is 107 Å². The van der Waals surface area contributed by atoms with Gasteiger partial charge in [0.15, 0.2) is 0 Å². The van der Waals surface area contributed by atoms with Gasteiger partial charge in [-0.25, -0.2) is 0 Å². The molecule has 0 bridgehead atoms. The van der Waals surface area contributed by atoms with Crippen LogP contribution in [0, 0.1) is 17.3 Å². The van der Waals surface area contributed by atoms with E-state index in [1.54, 1.807) is 0 Å². The molecular formula is C30H49IO4. The second kappa shape index (κ2) is 14.5. The van der Waals surface area contributed by atoms with E-state index < -0.39 is 15.8 Å². The molecule has 0 saturated heterocycles. The summed E-state index contributed by atoms with van der Waals surface area (Å²) in [5.41, 5.74) is 3.16. The zero-order valence-electron chi connectivity index (χ0n) is 22.3. The van der Waals surface area contributed by atoms with Crippen LogP contribution in [0.25, 0.3) is 0 Å². The van der Waals surface area contributed by atoms with Gasteiger partial charge in [-0.1, -0.05) is 93.2 Å². The first-order valence-corrected chi connectivity index (χ1v) is 14.8. The topological polar surface area (TPSA) is 69.9 Å². The molecule has 4 nitrogen and oxygen atoms in total. The molecule has 4 unspecified atom stereocenters. The molecule has 2 fully saturated rings.